The van der Waals surface area contributed by atoms with Gasteiger partial charge in [0.1, 0.15) is 12.4 Å². The van der Waals surface area contributed by atoms with Crippen LogP contribution in [0, 0.1) is 0 Å². The van der Waals surface area contributed by atoms with Gasteiger partial charge in [-0.15, -0.1) is 11.3 Å². The molecule has 1 aromatic carbocycles. The van der Waals surface area contributed by atoms with Crippen molar-refractivity contribution in [1.29, 1.82) is 0 Å². The molecule has 0 N–H and O–H groups in total. The molecule has 0 spiro atoms. The van der Waals surface area contributed by atoms with Crippen LogP contribution in [0.15, 0.2) is 41.8 Å². The molecule has 1 aromatic heterocycles. The highest BCUT2D eigenvalue weighted by atomic mass is 32.1. The van der Waals surface area contributed by atoms with Crippen LogP contribution in [-0.2, 0) is 29.2 Å². The van der Waals surface area contributed by atoms with E-state index in [1.165, 1.54) is 16.9 Å². The third kappa shape index (κ3) is 4.37. The number of benzene rings is 1. The number of ketones is 1. The first-order valence-corrected chi connectivity index (χ1v) is 12.1. The van der Waals surface area contributed by atoms with Gasteiger partial charge < -0.3 is 14.4 Å². The zero-order valence-electron chi connectivity index (χ0n) is 18.2. The number of allylic oxidation sites excluding steroid dienone is 1. The third-order valence-electron chi connectivity index (χ3n) is 6.54. The molecule has 2 aliphatic heterocycles. The summed E-state index contributed by atoms with van der Waals surface area (Å²) >= 11 is 1.46. The summed E-state index contributed by atoms with van der Waals surface area (Å²) in [6.07, 6.45) is 1.88. The second-order valence-electron chi connectivity index (χ2n) is 8.77. The van der Waals surface area contributed by atoms with E-state index in [9.17, 15) is 9.59 Å². The van der Waals surface area contributed by atoms with Gasteiger partial charge in [-0.1, -0.05) is 24.3 Å². The van der Waals surface area contributed by atoms with Gasteiger partial charge in [0.2, 0.25) is 0 Å². The molecule has 7 heteroatoms. The standard InChI is InChI=1S/C25H28N2O4S/c1-17-2-7-22(23(28)12-17)27-14-21-19(16-32-24(21)25(27)29)15-31-20-5-3-18(4-6-20)13-26-8-10-30-11-9-26/h3-6,16,22H,1-2,7-15H2/t22-/m0/s1. The summed E-state index contributed by atoms with van der Waals surface area (Å²) in [6, 6.07) is 7.91. The van der Waals surface area contributed by atoms with Crippen LogP contribution in [0.3, 0.4) is 0 Å². The van der Waals surface area contributed by atoms with Gasteiger partial charge in [0.05, 0.1) is 24.1 Å². The van der Waals surface area contributed by atoms with Crippen LogP contribution in [0.1, 0.15) is 45.6 Å². The van der Waals surface area contributed by atoms with Crippen molar-refractivity contribution in [3.63, 3.8) is 0 Å². The van der Waals surface area contributed by atoms with E-state index >= 15 is 0 Å². The monoisotopic (exact) mass is 452 g/mol. The summed E-state index contributed by atoms with van der Waals surface area (Å²) in [6.45, 7) is 9.32. The largest absolute Gasteiger partial charge is 0.489 e. The van der Waals surface area contributed by atoms with E-state index in [1.54, 1.807) is 4.90 Å². The lowest BCUT2D eigenvalue weighted by molar-refractivity contribution is -0.124. The zero-order chi connectivity index (χ0) is 22.1. The van der Waals surface area contributed by atoms with Crippen LogP contribution >= 0.6 is 11.3 Å². The highest BCUT2D eigenvalue weighted by molar-refractivity contribution is 7.12. The summed E-state index contributed by atoms with van der Waals surface area (Å²) in [4.78, 5) is 30.3. The Morgan fingerprint density at radius 2 is 1.94 bits per heavy atom. The van der Waals surface area contributed by atoms with Crippen molar-refractivity contribution < 1.29 is 19.1 Å². The number of hydrogen-bond donors (Lipinski definition) is 0. The topological polar surface area (TPSA) is 59.1 Å². The van der Waals surface area contributed by atoms with Crippen molar-refractivity contribution in [2.45, 2.75) is 45.0 Å². The van der Waals surface area contributed by atoms with Gasteiger partial charge in [0, 0.05) is 43.7 Å². The van der Waals surface area contributed by atoms with Gasteiger partial charge in [-0.2, -0.15) is 0 Å². The first-order valence-electron chi connectivity index (χ1n) is 11.2. The average Bonchev–Trinajstić information content (AvgIpc) is 3.34. The van der Waals surface area contributed by atoms with E-state index in [-0.39, 0.29) is 17.7 Å². The summed E-state index contributed by atoms with van der Waals surface area (Å²) in [5.41, 5.74) is 4.28. The second-order valence-corrected chi connectivity index (χ2v) is 9.65. The first-order chi connectivity index (χ1) is 15.6. The third-order valence-corrected chi connectivity index (χ3v) is 7.59. The van der Waals surface area contributed by atoms with Crippen LogP contribution < -0.4 is 4.74 Å². The molecule has 1 saturated heterocycles. The second kappa shape index (κ2) is 9.17. The van der Waals surface area contributed by atoms with Gasteiger partial charge in [-0.3, -0.25) is 14.5 Å². The van der Waals surface area contributed by atoms with Gasteiger partial charge in [0.15, 0.2) is 5.78 Å². The number of Topliss-reactive ketones (excluding diaryl/α,β-unsaturated/α-hetero) is 1. The lowest BCUT2D eigenvalue weighted by Gasteiger charge is -2.30. The van der Waals surface area contributed by atoms with E-state index in [0.717, 1.165) is 66.6 Å². The number of thiophene rings is 1. The van der Waals surface area contributed by atoms with Crippen LogP contribution in [0.4, 0.5) is 0 Å². The Morgan fingerprint density at radius 3 is 2.69 bits per heavy atom. The van der Waals surface area contributed by atoms with Crippen LogP contribution in [-0.4, -0.2) is 53.8 Å². The number of amides is 1. The molecular formula is C25H28N2O4S. The van der Waals surface area contributed by atoms with E-state index in [2.05, 4.69) is 23.6 Å². The molecule has 1 atom stereocenters. The van der Waals surface area contributed by atoms with Gasteiger partial charge >= 0.3 is 0 Å². The fourth-order valence-corrected chi connectivity index (χ4v) is 5.70. The fraction of sp³-hybridized carbons (Fsp3) is 0.440. The summed E-state index contributed by atoms with van der Waals surface area (Å²) in [7, 11) is 0. The number of carbonyl (C=O) groups excluding carboxylic acids is 2. The summed E-state index contributed by atoms with van der Waals surface area (Å²) in [5.74, 6) is 0.909. The molecule has 32 heavy (non-hydrogen) atoms. The highest BCUT2D eigenvalue weighted by Gasteiger charge is 2.39. The quantitative estimate of drug-likeness (QED) is 0.624. The molecule has 0 radical (unpaired) electrons. The van der Waals surface area contributed by atoms with Crippen molar-refractivity contribution in [2.24, 2.45) is 0 Å². The van der Waals surface area contributed by atoms with Crippen molar-refractivity contribution in [3.05, 3.63) is 63.4 Å². The molecule has 2 fully saturated rings. The van der Waals surface area contributed by atoms with Crippen molar-refractivity contribution in [2.75, 3.05) is 26.3 Å². The lowest BCUT2D eigenvalue weighted by atomic mass is 9.90. The molecular weight excluding hydrogens is 424 g/mol. The van der Waals surface area contributed by atoms with E-state index in [1.807, 2.05) is 17.5 Å². The SMILES string of the molecule is C=C1CC[C@H](N2Cc3c(COc4ccc(CN5CCOCC5)cc4)csc3C2=O)C(=O)C1. The minimum Gasteiger partial charge on any atom is -0.489 e. The number of nitrogens with zero attached hydrogens (tertiary/aromatic N) is 2. The Kier molecular flexibility index (Phi) is 6.13. The van der Waals surface area contributed by atoms with Crippen molar-refractivity contribution >= 4 is 23.0 Å². The Labute approximate surface area is 192 Å². The smallest absolute Gasteiger partial charge is 0.265 e. The van der Waals surface area contributed by atoms with E-state index < -0.39 is 0 Å². The molecule has 1 aliphatic carbocycles. The maximum Gasteiger partial charge on any atom is 0.265 e. The van der Waals surface area contributed by atoms with Crippen LogP contribution in [0.25, 0.3) is 0 Å². The Morgan fingerprint density at radius 1 is 1.16 bits per heavy atom. The zero-order valence-corrected chi connectivity index (χ0v) is 19.0. The van der Waals surface area contributed by atoms with Gasteiger partial charge in [-0.05, 0) is 35.9 Å². The number of morpholine rings is 1. The van der Waals surface area contributed by atoms with Gasteiger partial charge in [-0.25, -0.2) is 0 Å². The molecule has 5 rings (SSSR count). The fourth-order valence-electron chi connectivity index (χ4n) is 4.67. The van der Waals surface area contributed by atoms with Gasteiger partial charge in [0.25, 0.3) is 5.91 Å². The first kappa shape index (κ1) is 21.4. The molecule has 2 aromatic rings. The van der Waals surface area contributed by atoms with Crippen LogP contribution in [0.2, 0.25) is 0 Å². The summed E-state index contributed by atoms with van der Waals surface area (Å²) in [5, 5.41) is 2.01. The minimum absolute atomic E-state index is 0.0189. The Bertz CT molecular complexity index is 1020. The number of hydrogen-bond acceptors (Lipinski definition) is 6. The number of rotatable bonds is 6. The molecule has 3 aliphatic rings. The molecule has 6 nitrogen and oxygen atoms in total. The van der Waals surface area contributed by atoms with E-state index in [0.29, 0.717) is 26.0 Å². The maximum absolute atomic E-state index is 12.9. The molecule has 168 valence electrons. The average molecular weight is 453 g/mol. The molecule has 1 saturated carbocycles. The minimum atomic E-state index is -0.319. The number of fused-ring (bicyclic) bond motifs is 1. The Hall–Kier alpha value is -2.48. The number of carbonyl (C=O) groups is 2. The molecule has 0 bridgehead atoms. The van der Waals surface area contributed by atoms with Crippen molar-refractivity contribution in [3.8, 4) is 5.75 Å². The highest BCUT2D eigenvalue weighted by Crippen LogP contribution is 2.36. The predicted octanol–water partition coefficient (Wildman–Crippen LogP) is 3.79. The van der Waals surface area contributed by atoms with Crippen molar-refractivity contribution in [1.82, 2.24) is 9.80 Å². The maximum atomic E-state index is 12.9. The summed E-state index contributed by atoms with van der Waals surface area (Å²) < 4.78 is 11.4. The normalized spacial score (nSPS) is 21.8. The lowest BCUT2D eigenvalue weighted by Crippen LogP contribution is -2.43. The molecule has 0 unspecified atom stereocenters. The molecule has 3 heterocycles. The van der Waals surface area contributed by atoms with E-state index in [4.69, 9.17) is 9.47 Å². The van der Waals surface area contributed by atoms with Crippen LogP contribution in [0.5, 0.6) is 5.75 Å². The molecule has 1 amide bonds. The predicted molar refractivity (Wildman–Crippen MR) is 123 cm³/mol. The Balaban J connectivity index is 1.19. The number of ether oxygens (including phenoxy) is 2.